The van der Waals surface area contributed by atoms with Gasteiger partial charge in [-0.25, -0.2) is 0 Å². The first-order valence-electron chi connectivity index (χ1n) is 0.667. The zero-order valence-electron chi connectivity index (χ0n) is 7.04. The van der Waals surface area contributed by atoms with Gasteiger partial charge >= 0.3 is 90.2 Å². The minimum absolute atomic E-state index is 0. The molecule has 80 valence electrons. The van der Waals surface area contributed by atoms with Crippen LogP contribution in [-0.2, 0) is 23.5 Å². The van der Waals surface area contributed by atoms with Gasteiger partial charge in [-0.3, -0.25) is 0 Å². The molecule has 0 aromatic carbocycles. The van der Waals surface area contributed by atoms with Gasteiger partial charge in [-0.15, -0.1) is 0 Å². The average molecular weight is 402 g/mol. The van der Waals surface area contributed by atoms with E-state index in [1.54, 1.807) is 0 Å². The van der Waals surface area contributed by atoms with Gasteiger partial charge in [0, 0.05) is 0 Å². The summed E-state index contributed by atoms with van der Waals surface area (Å²) in [5.41, 5.74) is 0. The molecule has 0 aliphatic carbocycles. The van der Waals surface area contributed by atoms with Gasteiger partial charge in [-0.1, -0.05) is 0 Å². The Morgan fingerprint density at radius 2 is 0.615 bits per heavy atom. The molecule has 0 unspecified atom stereocenters. The first-order valence-corrected chi connectivity index (χ1v) is 5.46. The molecule has 12 N–H and O–H groups in total. The molecule has 13 heavy (non-hydrogen) atoms. The van der Waals surface area contributed by atoms with Crippen LogP contribution in [0.25, 0.3) is 0 Å². The predicted octanol–water partition coefficient (Wildman–Crippen LogP) is -13.6. The quantitative estimate of drug-likeness (QED) is 0.357. The molecular weight excluding hydrogens is 390 g/mol. The van der Waals surface area contributed by atoms with Crippen LogP contribution in [0.3, 0.4) is 0 Å². The second-order valence-corrected chi connectivity index (χ2v) is 3.34. The zero-order chi connectivity index (χ0) is 4.50. The molecule has 0 radical (unpaired) electrons. The topological polar surface area (TPSA) is 269 Å². The molecule has 10 nitrogen and oxygen atoms in total. The Bertz CT molecular complexity index is 96.1. The number of rotatable bonds is 0. The summed E-state index contributed by atoms with van der Waals surface area (Å²) in [4.78, 5) is 0. The van der Waals surface area contributed by atoms with Crippen LogP contribution in [0.5, 0.6) is 0 Å². The molecular formula is H12Na2O10W. The molecule has 0 rings (SSSR count). The van der Waals surface area contributed by atoms with Crippen LogP contribution in [0.15, 0.2) is 0 Å². The van der Waals surface area contributed by atoms with Crippen molar-refractivity contribution in [1.82, 2.24) is 0 Å². The van der Waals surface area contributed by atoms with Gasteiger partial charge < -0.3 is 32.9 Å². The van der Waals surface area contributed by atoms with Crippen LogP contribution in [0.4, 0.5) is 0 Å². The Morgan fingerprint density at radius 3 is 0.615 bits per heavy atom. The standard InChI is InChI=1S/2Na.6H2O.4O.W/h;;6*1H2;;;;;/q2*+1;;;;;;;;;2*-1;. The second kappa shape index (κ2) is 37.0. The van der Waals surface area contributed by atoms with Gasteiger partial charge in [0.05, 0.1) is 0 Å². The monoisotopic (exact) mass is 402 g/mol. The summed E-state index contributed by atoms with van der Waals surface area (Å²) in [5, 5.41) is 0. The van der Waals surface area contributed by atoms with E-state index in [2.05, 4.69) is 0 Å². The van der Waals surface area contributed by atoms with Crippen molar-refractivity contribution < 1.29 is 123 Å². The van der Waals surface area contributed by atoms with E-state index in [0.717, 1.165) is 0 Å². The summed E-state index contributed by atoms with van der Waals surface area (Å²) < 4.78 is 34.6. The molecule has 0 aliphatic rings. The summed E-state index contributed by atoms with van der Waals surface area (Å²) in [6.07, 6.45) is 0. The Kier molecular flexibility index (Phi) is 233. The van der Waals surface area contributed by atoms with Gasteiger partial charge in [0.15, 0.2) is 0 Å². The van der Waals surface area contributed by atoms with Crippen LogP contribution in [0.2, 0.25) is 0 Å². The van der Waals surface area contributed by atoms with Gasteiger partial charge in [0.25, 0.3) is 0 Å². The first-order chi connectivity index (χ1) is 2.00. The molecule has 0 saturated heterocycles. The zero-order valence-corrected chi connectivity index (χ0v) is 14.0. The molecule has 0 fully saturated rings. The Hall–Kier alpha value is 1.97. The van der Waals surface area contributed by atoms with Crippen molar-refractivity contribution in [2.24, 2.45) is 0 Å². The molecule has 0 spiro atoms. The van der Waals surface area contributed by atoms with Crippen molar-refractivity contribution in [3.8, 4) is 0 Å². The van der Waals surface area contributed by atoms with Gasteiger partial charge in [0.2, 0.25) is 0 Å². The van der Waals surface area contributed by atoms with Gasteiger partial charge in [-0.05, 0) is 0 Å². The second-order valence-electron chi connectivity index (χ2n) is 0.408. The number of hydrogen-bond donors (Lipinski definition) is 0. The molecule has 0 heterocycles. The van der Waals surface area contributed by atoms with Crippen molar-refractivity contribution in [2.75, 3.05) is 0 Å². The molecule has 0 amide bonds. The fourth-order valence-electron chi connectivity index (χ4n) is 0. The Balaban J connectivity index is -0.00000000286. The fourth-order valence-corrected chi connectivity index (χ4v) is 0. The van der Waals surface area contributed by atoms with E-state index in [4.69, 9.17) is 14.3 Å². The van der Waals surface area contributed by atoms with E-state index < -0.39 is 16.7 Å². The van der Waals surface area contributed by atoms with Crippen LogP contribution in [0.1, 0.15) is 0 Å². The summed E-state index contributed by atoms with van der Waals surface area (Å²) in [5.74, 6) is 0. The van der Waals surface area contributed by atoms with Crippen molar-refractivity contribution >= 4 is 0 Å². The summed E-state index contributed by atoms with van der Waals surface area (Å²) in [6, 6.07) is 0. The Labute approximate surface area is 121 Å². The summed E-state index contributed by atoms with van der Waals surface area (Å²) in [6.45, 7) is 0. The number of hydrogen-bond acceptors (Lipinski definition) is 4. The van der Waals surface area contributed by atoms with Crippen molar-refractivity contribution in [1.29, 1.82) is 0 Å². The molecule has 0 aromatic rings. The summed E-state index contributed by atoms with van der Waals surface area (Å²) >= 11 is -6.17. The third kappa shape index (κ3) is 516. The predicted molar refractivity (Wildman–Crippen MR) is 23.1 cm³/mol. The Morgan fingerprint density at radius 1 is 0.615 bits per heavy atom. The summed E-state index contributed by atoms with van der Waals surface area (Å²) in [7, 11) is 0. The van der Waals surface area contributed by atoms with Gasteiger partial charge in [0.1, 0.15) is 0 Å². The van der Waals surface area contributed by atoms with E-state index in [-0.39, 0.29) is 92.0 Å². The molecule has 0 atom stereocenters. The first kappa shape index (κ1) is 82.0. The third-order valence-electron chi connectivity index (χ3n) is 0. The van der Waals surface area contributed by atoms with Crippen LogP contribution < -0.4 is 66.6 Å². The van der Waals surface area contributed by atoms with Crippen molar-refractivity contribution in [2.45, 2.75) is 0 Å². The van der Waals surface area contributed by atoms with Gasteiger partial charge in [-0.2, -0.15) is 0 Å². The third-order valence-corrected chi connectivity index (χ3v) is 0. The van der Waals surface area contributed by atoms with E-state index in [9.17, 15) is 0 Å². The molecule has 0 aliphatic heterocycles. The van der Waals surface area contributed by atoms with Crippen molar-refractivity contribution in [3.63, 3.8) is 0 Å². The maximum atomic E-state index is 8.65. The fraction of sp³-hybridized carbons (Fsp3) is 0. The van der Waals surface area contributed by atoms with Crippen LogP contribution in [-0.4, -0.2) is 32.9 Å². The molecule has 13 heteroatoms. The minimum atomic E-state index is -6.17. The van der Waals surface area contributed by atoms with E-state index >= 15 is 0 Å². The average Bonchev–Trinajstić information content (AvgIpc) is 0.722. The van der Waals surface area contributed by atoms with Crippen LogP contribution >= 0.6 is 0 Å². The molecule has 0 aromatic heterocycles. The molecule has 0 saturated carbocycles. The van der Waals surface area contributed by atoms with Crippen molar-refractivity contribution in [3.05, 3.63) is 0 Å². The molecule has 0 bridgehead atoms. The van der Waals surface area contributed by atoms with E-state index in [1.807, 2.05) is 0 Å². The van der Waals surface area contributed by atoms with Crippen LogP contribution in [0, 0.1) is 0 Å². The SMILES string of the molecule is O.O.O.O.O.O.[Na+].[Na+].[O]=[W](=[O])([O-])[O-]. The maximum absolute atomic E-state index is 8.65. The normalized spacial score (nSPS) is 4.46. The van der Waals surface area contributed by atoms with E-state index in [1.165, 1.54) is 0 Å². The van der Waals surface area contributed by atoms with E-state index in [0.29, 0.717) is 0 Å².